The van der Waals surface area contributed by atoms with Gasteiger partial charge in [-0.05, 0) is 30.2 Å². The molecule has 2 aromatic carbocycles. The molecule has 32 heavy (non-hydrogen) atoms. The number of piperidine rings is 1. The minimum atomic E-state index is -3.71. The van der Waals surface area contributed by atoms with Crippen molar-refractivity contribution in [2.45, 2.75) is 26.3 Å². The molecule has 1 aliphatic rings. The predicted octanol–water partition coefficient (Wildman–Crippen LogP) is 2.54. The van der Waals surface area contributed by atoms with E-state index in [9.17, 15) is 13.2 Å². The lowest BCUT2D eigenvalue weighted by molar-refractivity contribution is -0.119. The zero-order valence-electron chi connectivity index (χ0n) is 18.7. The van der Waals surface area contributed by atoms with Gasteiger partial charge in [-0.2, -0.15) is 5.10 Å². The van der Waals surface area contributed by atoms with Crippen molar-refractivity contribution in [3.63, 3.8) is 0 Å². The topological polar surface area (TPSA) is 91.3 Å². The highest BCUT2D eigenvalue weighted by molar-refractivity contribution is 7.92. The van der Waals surface area contributed by atoms with Crippen LogP contribution in [0.3, 0.4) is 0 Å². The number of ether oxygens (including phenoxy) is 1. The van der Waals surface area contributed by atoms with Crippen LogP contribution in [0.4, 0.5) is 5.69 Å². The number of rotatable bonds is 8. The molecule has 1 saturated heterocycles. The van der Waals surface area contributed by atoms with Crippen LogP contribution in [0.15, 0.2) is 53.6 Å². The predicted molar refractivity (Wildman–Crippen MR) is 126 cm³/mol. The van der Waals surface area contributed by atoms with Crippen molar-refractivity contribution in [1.29, 1.82) is 0 Å². The van der Waals surface area contributed by atoms with Gasteiger partial charge in [0.2, 0.25) is 10.0 Å². The van der Waals surface area contributed by atoms with E-state index in [-0.39, 0.29) is 6.54 Å². The number of nitrogens with zero attached hydrogens (tertiary/aromatic N) is 3. The summed E-state index contributed by atoms with van der Waals surface area (Å²) >= 11 is 0. The summed E-state index contributed by atoms with van der Waals surface area (Å²) in [5, 5.41) is 4.25. The molecule has 3 rings (SSSR count). The molecule has 0 radical (unpaired) electrons. The number of methoxy groups -OCH3 is 1. The first-order valence-corrected chi connectivity index (χ1v) is 12.3. The van der Waals surface area contributed by atoms with Crippen LogP contribution in [0.1, 0.15) is 24.0 Å². The first-order valence-electron chi connectivity index (χ1n) is 10.5. The van der Waals surface area contributed by atoms with Gasteiger partial charge in [0.25, 0.3) is 5.91 Å². The molecule has 1 fully saturated rings. The van der Waals surface area contributed by atoms with Crippen molar-refractivity contribution < 1.29 is 17.9 Å². The maximum atomic E-state index is 12.5. The molecule has 0 unspecified atom stereocenters. The second kappa shape index (κ2) is 10.6. The number of hydrogen-bond donors (Lipinski definition) is 1. The smallest absolute Gasteiger partial charge is 0.260 e. The molecule has 0 atom stereocenters. The van der Waals surface area contributed by atoms with E-state index < -0.39 is 15.9 Å². The Balaban J connectivity index is 1.59. The van der Waals surface area contributed by atoms with Gasteiger partial charge in [-0.3, -0.25) is 14.0 Å². The monoisotopic (exact) mass is 458 g/mol. The van der Waals surface area contributed by atoms with Crippen LogP contribution in [0.2, 0.25) is 0 Å². The van der Waals surface area contributed by atoms with E-state index in [0.717, 1.165) is 54.3 Å². The van der Waals surface area contributed by atoms with Gasteiger partial charge in [-0.15, -0.1) is 0 Å². The SMILES string of the molecule is COc1ccc(C)cc1N(CC(=O)NN=C1CCN(Cc2ccccc2)CC1)S(C)(=O)=O. The van der Waals surface area contributed by atoms with Crippen molar-refractivity contribution in [2.24, 2.45) is 5.10 Å². The Hall–Kier alpha value is -2.91. The third-order valence-corrected chi connectivity index (χ3v) is 6.44. The molecular weight excluding hydrogens is 428 g/mol. The molecular formula is C23H30N4O4S. The van der Waals surface area contributed by atoms with E-state index in [1.165, 1.54) is 12.7 Å². The molecule has 0 spiro atoms. The number of hydrogen-bond acceptors (Lipinski definition) is 6. The molecule has 2 aromatic rings. The van der Waals surface area contributed by atoms with E-state index in [4.69, 9.17) is 4.74 Å². The zero-order valence-corrected chi connectivity index (χ0v) is 19.6. The lowest BCUT2D eigenvalue weighted by atomic mass is 10.1. The summed E-state index contributed by atoms with van der Waals surface area (Å²) in [7, 11) is -2.24. The maximum absolute atomic E-state index is 12.5. The van der Waals surface area contributed by atoms with Crippen LogP contribution in [-0.2, 0) is 21.4 Å². The number of carbonyl (C=O) groups excluding carboxylic acids is 1. The summed E-state index contributed by atoms with van der Waals surface area (Å²) in [6.07, 6.45) is 2.58. The van der Waals surface area contributed by atoms with E-state index in [1.54, 1.807) is 12.1 Å². The van der Waals surface area contributed by atoms with Crippen molar-refractivity contribution >= 4 is 27.3 Å². The summed E-state index contributed by atoms with van der Waals surface area (Å²) in [6.45, 7) is 4.08. The van der Waals surface area contributed by atoms with Gasteiger partial charge in [-0.1, -0.05) is 36.4 Å². The molecule has 1 N–H and O–H groups in total. The first kappa shape index (κ1) is 23.7. The molecule has 1 amide bonds. The van der Waals surface area contributed by atoms with E-state index >= 15 is 0 Å². The Morgan fingerprint density at radius 1 is 1.16 bits per heavy atom. The average Bonchev–Trinajstić information content (AvgIpc) is 2.77. The van der Waals surface area contributed by atoms with E-state index in [0.29, 0.717) is 11.4 Å². The standard InChI is InChI=1S/C23H30N4O4S/c1-18-9-10-22(31-2)21(15-18)27(32(3,29)30)17-23(28)25-24-20-11-13-26(14-12-20)16-19-7-5-4-6-8-19/h4-10,15H,11-14,16-17H2,1-3H3,(H,25,28). The Bertz CT molecular complexity index is 1060. The van der Waals surface area contributed by atoms with Crippen LogP contribution < -0.4 is 14.5 Å². The third-order valence-electron chi connectivity index (χ3n) is 5.31. The highest BCUT2D eigenvalue weighted by atomic mass is 32.2. The van der Waals surface area contributed by atoms with E-state index in [2.05, 4.69) is 27.6 Å². The van der Waals surface area contributed by atoms with Crippen molar-refractivity contribution in [1.82, 2.24) is 10.3 Å². The summed E-state index contributed by atoms with van der Waals surface area (Å²) in [5.41, 5.74) is 5.89. The molecule has 0 saturated carbocycles. The van der Waals surface area contributed by atoms with Gasteiger partial charge in [0.05, 0.1) is 19.1 Å². The van der Waals surface area contributed by atoms with Gasteiger partial charge >= 0.3 is 0 Å². The number of aryl methyl sites for hydroxylation is 1. The number of hydrazone groups is 1. The molecule has 9 heteroatoms. The zero-order chi connectivity index (χ0) is 23.1. The number of amides is 1. The lowest BCUT2D eigenvalue weighted by Gasteiger charge is -2.27. The number of likely N-dealkylation sites (tertiary alicyclic amines) is 1. The lowest BCUT2D eigenvalue weighted by Crippen LogP contribution is -2.40. The van der Waals surface area contributed by atoms with Gasteiger partial charge < -0.3 is 4.74 Å². The molecule has 1 heterocycles. The highest BCUT2D eigenvalue weighted by Gasteiger charge is 2.24. The summed E-state index contributed by atoms with van der Waals surface area (Å²) < 4.78 is 31.1. The highest BCUT2D eigenvalue weighted by Crippen LogP contribution is 2.30. The van der Waals surface area contributed by atoms with E-state index in [1.807, 2.05) is 31.2 Å². The fraction of sp³-hybridized carbons (Fsp3) is 0.391. The maximum Gasteiger partial charge on any atom is 0.260 e. The number of anilines is 1. The average molecular weight is 459 g/mol. The summed E-state index contributed by atoms with van der Waals surface area (Å²) in [4.78, 5) is 14.9. The molecule has 8 nitrogen and oxygen atoms in total. The minimum Gasteiger partial charge on any atom is -0.495 e. The van der Waals surface area contributed by atoms with Crippen LogP contribution >= 0.6 is 0 Å². The molecule has 0 bridgehead atoms. The van der Waals surface area contributed by atoms with Gasteiger partial charge in [0, 0.05) is 38.2 Å². The first-order chi connectivity index (χ1) is 15.3. The van der Waals surface area contributed by atoms with Crippen LogP contribution in [0, 0.1) is 6.92 Å². The summed E-state index contributed by atoms with van der Waals surface area (Å²) in [6, 6.07) is 15.5. The Kier molecular flexibility index (Phi) is 7.87. The van der Waals surface area contributed by atoms with Crippen LogP contribution in [0.5, 0.6) is 5.75 Å². The molecule has 1 aliphatic heterocycles. The fourth-order valence-electron chi connectivity index (χ4n) is 3.61. The number of nitrogens with one attached hydrogen (secondary N) is 1. The summed E-state index contributed by atoms with van der Waals surface area (Å²) in [5.74, 6) is -0.121. The number of sulfonamides is 1. The Morgan fingerprint density at radius 3 is 2.47 bits per heavy atom. The second-order valence-electron chi connectivity index (χ2n) is 7.92. The molecule has 172 valence electrons. The molecule has 0 aliphatic carbocycles. The quantitative estimate of drug-likeness (QED) is 0.614. The minimum absolute atomic E-state index is 0.326. The van der Waals surface area contributed by atoms with Gasteiger partial charge in [-0.25, -0.2) is 13.8 Å². The van der Waals surface area contributed by atoms with Gasteiger partial charge in [0.15, 0.2) is 0 Å². The second-order valence-corrected chi connectivity index (χ2v) is 9.83. The van der Waals surface area contributed by atoms with Crippen LogP contribution in [0.25, 0.3) is 0 Å². The normalized spacial score (nSPS) is 14.7. The van der Waals surface area contributed by atoms with Crippen molar-refractivity contribution in [2.75, 3.05) is 37.3 Å². The van der Waals surface area contributed by atoms with Crippen molar-refractivity contribution in [3.05, 3.63) is 59.7 Å². The molecule has 0 aromatic heterocycles. The van der Waals surface area contributed by atoms with Gasteiger partial charge in [0.1, 0.15) is 12.3 Å². The Labute approximate surface area is 189 Å². The third kappa shape index (κ3) is 6.54. The Morgan fingerprint density at radius 2 is 1.84 bits per heavy atom. The van der Waals surface area contributed by atoms with Crippen molar-refractivity contribution in [3.8, 4) is 5.75 Å². The number of benzene rings is 2. The fourth-order valence-corrected chi connectivity index (χ4v) is 4.46. The number of carbonyl (C=O) groups is 1. The largest absolute Gasteiger partial charge is 0.495 e. The van der Waals surface area contributed by atoms with Crippen LogP contribution in [-0.4, -0.2) is 57.9 Å².